The Balaban J connectivity index is 3.21. The molecule has 0 saturated carbocycles. The fourth-order valence-electron chi connectivity index (χ4n) is 1.03. The first-order valence-corrected chi connectivity index (χ1v) is 10.7. The molecule has 76 valence electrons. The SMILES string of the molecule is C[Si](C)(C)[P+](=N)c1cccc(Cl)c1Cl. The first kappa shape index (κ1) is 12.2. The third-order valence-electron chi connectivity index (χ3n) is 1.84. The molecule has 0 spiro atoms. The van der Waals surface area contributed by atoms with E-state index in [1.165, 1.54) is 0 Å². The van der Waals surface area contributed by atoms with Crippen LogP contribution < -0.4 is 5.30 Å². The molecule has 0 fully saturated rings. The van der Waals surface area contributed by atoms with Gasteiger partial charge >= 0.3 is 7.74 Å². The first-order chi connectivity index (χ1) is 6.34. The third-order valence-corrected chi connectivity index (χ3v) is 9.74. The lowest BCUT2D eigenvalue weighted by Crippen LogP contribution is -2.20. The van der Waals surface area contributed by atoms with E-state index in [1.54, 1.807) is 6.07 Å². The molecule has 5 heteroatoms. The van der Waals surface area contributed by atoms with Crippen LogP contribution >= 0.6 is 30.5 Å². The van der Waals surface area contributed by atoms with Crippen molar-refractivity contribution in [1.82, 2.24) is 0 Å². The van der Waals surface area contributed by atoms with Gasteiger partial charge in [-0.25, -0.2) is 0 Å². The van der Waals surface area contributed by atoms with Crippen molar-refractivity contribution in [2.75, 3.05) is 0 Å². The minimum Gasteiger partial charge on any atom is -0.136 e. The third kappa shape index (κ3) is 2.57. The second-order valence-corrected chi connectivity index (χ2v) is 15.7. The number of hydrogen-bond donors (Lipinski definition) is 1. The standard InChI is InChI=1S/C9H13Cl2NPSi/c1-14(2,3)13(12)8-6-4-5-7(10)9(8)11/h4-6,12H,1-3H3/q+1. The number of rotatable bonds is 2. The van der Waals surface area contributed by atoms with Crippen LogP contribution in [0.3, 0.4) is 0 Å². The Hall–Kier alpha value is 0.117. The van der Waals surface area contributed by atoms with Gasteiger partial charge in [0, 0.05) is 0 Å². The maximum Gasteiger partial charge on any atom is 0.312 e. The fourth-order valence-corrected chi connectivity index (χ4v) is 5.86. The lowest BCUT2D eigenvalue weighted by Gasteiger charge is -2.06. The minimum absolute atomic E-state index is 0.558. The highest BCUT2D eigenvalue weighted by Crippen LogP contribution is 2.38. The maximum absolute atomic E-state index is 8.19. The molecular weight excluding hydrogens is 252 g/mol. The molecule has 1 N–H and O–H groups in total. The summed E-state index contributed by atoms with van der Waals surface area (Å²) >= 11 is 12.0. The predicted octanol–water partition coefficient (Wildman–Crippen LogP) is 4.70. The molecule has 1 nitrogen and oxygen atoms in total. The molecule has 0 heterocycles. The molecule has 1 rings (SSSR count). The van der Waals surface area contributed by atoms with Gasteiger partial charge in [0.25, 0.3) is 0 Å². The smallest absolute Gasteiger partial charge is 0.136 e. The number of hydrogen-bond acceptors (Lipinski definition) is 1. The summed E-state index contributed by atoms with van der Waals surface area (Å²) in [7, 11) is -2.35. The van der Waals surface area contributed by atoms with E-state index in [2.05, 4.69) is 19.6 Å². The second kappa shape index (κ2) is 4.32. The molecule has 1 atom stereocenters. The van der Waals surface area contributed by atoms with Crippen LogP contribution in [0.25, 0.3) is 0 Å². The van der Waals surface area contributed by atoms with Crippen LogP contribution in [0.5, 0.6) is 0 Å². The summed E-state index contributed by atoms with van der Waals surface area (Å²) in [5.74, 6) is 0. The largest absolute Gasteiger partial charge is 0.312 e. The van der Waals surface area contributed by atoms with E-state index in [1.807, 2.05) is 12.1 Å². The quantitative estimate of drug-likeness (QED) is 0.592. The fraction of sp³-hybridized carbons (Fsp3) is 0.333. The van der Waals surface area contributed by atoms with E-state index >= 15 is 0 Å². The molecule has 0 aliphatic rings. The second-order valence-electron chi connectivity index (χ2n) is 4.08. The number of nitrogens with one attached hydrogen (secondary N) is 1. The molecular formula is C9H13Cl2NPSi+. The number of benzene rings is 1. The van der Waals surface area contributed by atoms with E-state index in [-0.39, 0.29) is 0 Å². The van der Waals surface area contributed by atoms with Gasteiger partial charge in [0.2, 0.25) is 0 Å². The lowest BCUT2D eigenvalue weighted by atomic mass is 10.4. The highest BCUT2D eigenvalue weighted by molar-refractivity contribution is 7.92. The van der Waals surface area contributed by atoms with Crippen molar-refractivity contribution >= 4 is 43.5 Å². The van der Waals surface area contributed by atoms with Crippen molar-refractivity contribution in [1.29, 1.82) is 5.16 Å². The first-order valence-electron chi connectivity index (χ1n) is 4.29. The van der Waals surface area contributed by atoms with Crippen molar-refractivity contribution in [3.8, 4) is 0 Å². The summed E-state index contributed by atoms with van der Waals surface area (Å²) in [5.41, 5.74) is 0. The minimum atomic E-state index is -1.47. The molecule has 0 amide bonds. The van der Waals surface area contributed by atoms with Gasteiger partial charge in [-0.05, 0) is 31.8 Å². The van der Waals surface area contributed by atoms with E-state index in [0.717, 1.165) is 5.30 Å². The Morgan fingerprint density at radius 3 is 2.29 bits per heavy atom. The summed E-state index contributed by atoms with van der Waals surface area (Å²) < 4.78 is 0. The van der Waals surface area contributed by atoms with E-state index in [9.17, 15) is 0 Å². The average Bonchev–Trinajstić information content (AvgIpc) is 2.07. The van der Waals surface area contributed by atoms with Crippen LogP contribution in [-0.4, -0.2) is 7.74 Å². The zero-order valence-electron chi connectivity index (χ0n) is 8.44. The van der Waals surface area contributed by atoms with E-state index in [0.29, 0.717) is 10.0 Å². The van der Waals surface area contributed by atoms with Crippen molar-refractivity contribution < 1.29 is 0 Å². The Bertz CT molecular complexity index is 374. The van der Waals surface area contributed by atoms with Crippen molar-refractivity contribution in [2.45, 2.75) is 19.6 Å². The molecule has 0 aromatic heterocycles. The van der Waals surface area contributed by atoms with Gasteiger partial charge < -0.3 is 0 Å². The monoisotopic (exact) mass is 264 g/mol. The summed E-state index contributed by atoms with van der Waals surface area (Å²) in [6.45, 7) is 6.55. The Kier molecular flexibility index (Phi) is 3.76. The highest BCUT2D eigenvalue weighted by Gasteiger charge is 2.37. The zero-order chi connectivity index (χ0) is 10.9. The summed E-state index contributed by atoms with van der Waals surface area (Å²) in [5, 5.41) is 10.2. The molecule has 0 aliphatic carbocycles. The molecule has 0 saturated heterocycles. The summed E-state index contributed by atoms with van der Waals surface area (Å²) in [6, 6.07) is 5.56. The Morgan fingerprint density at radius 1 is 1.21 bits per heavy atom. The van der Waals surface area contributed by atoms with Gasteiger partial charge in [-0.15, -0.1) is 5.16 Å². The van der Waals surface area contributed by atoms with E-state index in [4.69, 9.17) is 28.4 Å². The average molecular weight is 265 g/mol. The van der Waals surface area contributed by atoms with Crippen molar-refractivity contribution in [3.63, 3.8) is 0 Å². The zero-order valence-corrected chi connectivity index (χ0v) is 11.8. The van der Waals surface area contributed by atoms with Crippen LogP contribution in [0.1, 0.15) is 0 Å². The topological polar surface area (TPSA) is 23.9 Å². The molecule has 1 aromatic carbocycles. The Labute approximate surface area is 96.6 Å². The van der Waals surface area contributed by atoms with Crippen LogP contribution in [0.4, 0.5) is 0 Å². The van der Waals surface area contributed by atoms with Crippen LogP contribution in [0.2, 0.25) is 29.7 Å². The van der Waals surface area contributed by atoms with Gasteiger partial charge in [-0.2, -0.15) is 0 Å². The molecule has 0 bridgehead atoms. The van der Waals surface area contributed by atoms with Gasteiger partial charge in [0.1, 0.15) is 5.02 Å². The van der Waals surface area contributed by atoms with Crippen LogP contribution in [-0.2, 0) is 0 Å². The molecule has 0 aliphatic heterocycles. The predicted molar refractivity (Wildman–Crippen MR) is 69.1 cm³/mol. The summed E-state index contributed by atoms with van der Waals surface area (Å²) in [4.78, 5) is 0. The lowest BCUT2D eigenvalue weighted by molar-refractivity contribution is 1.62. The molecule has 1 unspecified atom stereocenters. The van der Waals surface area contributed by atoms with E-state index < -0.39 is 15.0 Å². The van der Waals surface area contributed by atoms with Gasteiger partial charge in [0.05, 0.1) is 5.02 Å². The number of halogens is 2. The Morgan fingerprint density at radius 2 is 1.79 bits per heavy atom. The van der Waals surface area contributed by atoms with Crippen LogP contribution in [0.15, 0.2) is 18.2 Å². The van der Waals surface area contributed by atoms with Crippen molar-refractivity contribution in [2.24, 2.45) is 0 Å². The highest BCUT2D eigenvalue weighted by atomic mass is 35.5. The van der Waals surface area contributed by atoms with Gasteiger partial charge in [-0.1, -0.05) is 29.3 Å². The molecule has 14 heavy (non-hydrogen) atoms. The maximum atomic E-state index is 8.19. The van der Waals surface area contributed by atoms with Crippen LogP contribution in [0, 0.1) is 5.16 Å². The molecule has 0 radical (unpaired) electrons. The van der Waals surface area contributed by atoms with Gasteiger partial charge in [-0.3, -0.25) is 0 Å². The van der Waals surface area contributed by atoms with Crippen molar-refractivity contribution in [3.05, 3.63) is 28.2 Å². The van der Waals surface area contributed by atoms with Gasteiger partial charge in [0.15, 0.2) is 12.6 Å². The molecule has 1 aromatic rings. The normalized spacial score (nSPS) is 12.8. The summed E-state index contributed by atoms with van der Waals surface area (Å²) in [6.07, 6.45) is 0.